The summed E-state index contributed by atoms with van der Waals surface area (Å²) in [5.41, 5.74) is 2.29. The zero-order valence-corrected chi connectivity index (χ0v) is 21.7. The summed E-state index contributed by atoms with van der Waals surface area (Å²) in [6.45, 7) is 9.53. The maximum atomic E-state index is 13.3. The van der Waals surface area contributed by atoms with Gasteiger partial charge in [-0.2, -0.15) is 4.72 Å². The van der Waals surface area contributed by atoms with Gasteiger partial charge in [0.05, 0.1) is 10.3 Å². The fourth-order valence-electron chi connectivity index (χ4n) is 3.93. The standard InChI is InChI=1S/C27H33NO6S/c1-6-7-8-20-16-25(29)33-23-14-19(5)15-24(26(20)23)34-27(30)22(13-17(2)3)28-35(31,32)21-11-9-18(4)10-12-21/h9-12,14-17,22,28H,6-8,13H2,1-5H3/t22-/m1/s1. The minimum Gasteiger partial charge on any atom is -0.425 e. The van der Waals surface area contributed by atoms with E-state index in [9.17, 15) is 18.0 Å². The van der Waals surface area contributed by atoms with E-state index in [1.165, 1.54) is 18.2 Å². The molecule has 3 rings (SSSR count). The predicted molar refractivity (Wildman–Crippen MR) is 136 cm³/mol. The van der Waals surface area contributed by atoms with Crippen LogP contribution in [0.1, 0.15) is 56.7 Å². The van der Waals surface area contributed by atoms with Crippen molar-refractivity contribution in [3.05, 3.63) is 69.6 Å². The van der Waals surface area contributed by atoms with E-state index in [0.717, 1.165) is 29.5 Å². The van der Waals surface area contributed by atoms with Gasteiger partial charge in [-0.25, -0.2) is 18.0 Å². The van der Waals surface area contributed by atoms with Gasteiger partial charge in [0.1, 0.15) is 17.4 Å². The first kappa shape index (κ1) is 26.6. The predicted octanol–water partition coefficient (Wildman–Crippen LogP) is 5.05. The number of ether oxygens (including phenoxy) is 1. The molecule has 0 bridgehead atoms. The summed E-state index contributed by atoms with van der Waals surface area (Å²) in [5, 5.41) is 0.557. The van der Waals surface area contributed by atoms with E-state index in [-0.39, 0.29) is 23.0 Å². The van der Waals surface area contributed by atoms with Crippen molar-refractivity contribution in [2.24, 2.45) is 5.92 Å². The maximum Gasteiger partial charge on any atom is 0.336 e. The number of hydrogen-bond donors (Lipinski definition) is 1. The second kappa shape index (κ2) is 11.2. The van der Waals surface area contributed by atoms with Crippen molar-refractivity contribution in [1.82, 2.24) is 4.72 Å². The molecule has 0 spiro atoms. The third-order valence-corrected chi connectivity index (χ3v) is 7.15. The normalized spacial score (nSPS) is 12.7. The Morgan fingerprint density at radius 1 is 1.06 bits per heavy atom. The molecular formula is C27H33NO6S. The average molecular weight is 500 g/mol. The number of aryl methyl sites for hydroxylation is 3. The van der Waals surface area contributed by atoms with Crippen molar-refractivity contribution < 1.29 is 22.4 Å². The van der Waals surface area contributed by atoms with Gasteiger partial charge in [-0.1, -0.05) is 44.9 Å². The van der Waals surface area contributed by atoms with Crippen molar-refractivity contribution in [1.29, 1.82) is 0 Å². The average Bonchev–Trinajstić information content (AvgIpc) is 2.76. The minimum atomic E-state index is -3.95. The van der Waals surface area contributed by atoms with Gasteiger partial charge in [0.2, 0.25) is 10.0 Å². The SMILES string of the molecule is CCCCc1cc(=O)oc2cc(C)cc(OC(=O)[C@@H](CC(C)C)NS(=O)(=O)c3ccc(C)cc3)c12. The van der Waals surface area contributed by atoms with Crippen LogP contribution in [0.2, 0.25) is 0 Å². The van der Waals surface area contributed by atoms with Gasteiger partial charge in [0.25, 0.3) is 0 Å². The van der Waals surface area contributed by atoms with Gasteiger partial charge in [-0.05, 0) is 74.4 Å². The highest BCUT2D eigenvalue weighted by atomic mass is 32.2. The Morgan fingerprint density at radius 3 is 2.37 bits per heavy atom. The van der Waals surface area contributed by atoms with E-state index in [1.54, 1.807) is 31.2 Å². The van der Waals surface area contributed by atoms with Gasteiger partial charge in [-0.15, -0.1) is 0 Å². The first-order valence-electron chi connectivity index (χ1n) is 11.9. The molecule has 0 saturated heterocycles. The molecule has 8 heteroatoms. The van der Waals surface area contributed by atoms with Crippen molar-refractivity contribution in [3.63, 3.8) is 0 Å². The Labute approximate surface area is 206 Å². The molecule has 1 N–H and O–H groups in total. The summed E-state index contributed by atoms with van der Waals surface area (Å²) in [5.74, 6) is -0.433. The molecule has 0 radical (unpaired) electrons. The van der Waals surface area contributed by atoms with Crippen LogP contribution in [0.5, 0.6) is 5.75 Å². The number of fused-ring (bicyclic) bond motifs is 1. The van der Waals surface area contributed by atoms with Crippen LogP contribution in [0.25, 0.3) is 11.0 Å². The van der Waals surface area contributed by atoms with Gasteiger partial charge in [-0.3, -0.25) is 0 Å². The summed E-state index contributed by atoms with van der Waals surface area (Å²) in [7, 11) is -3.95. The van der Waals surface area contributed by atoms with Gasteiger partial charge in [0, 0.05) is 6.07 Å². The molecule has 0 aliphatic heterocycles. The summed E-state index contributed by atoms with van der Waals surface area (Å²) in [6, 6.07) is 10.2. The molecular weight excluding hydrogens is 466 g/mol. The van der Waals surface area contributed by atoms with Crippen LogP contribution in [-0.4, -0.2) is 20.4 Å². The summed E-state index contributed by atoms with van der Waals surface area (Å²) in [4.78, 5) is 25.5. The fourth-order valence-corrected chi connectivity index (χ4v) is 5.13. The molecule has 0 aliphatic rings. The van der Waals surface area contributed by atoms with Gasteiger partial charge < -0.3 is 9.15 Å². The summed E-state index contributed by atoms with van der Waals surface area (Å²) < 4.78 is 39.7. The molecule has 0 unspecified atom stereocenters. The highest BCUT2D eigenvalue weighted by Crippen LogP contribution is 2.31. The van der Waals surface area contributed by atoms with Crippen LogP contribution in [0, 0.1) is 19.8 Å². The number of carbonyl (C=O) groups is 1. The van der Waals surface area contributed by atoms with E-state index >= 15 is 0 Å². The van der Waals surface area contributed by atoms with Crippen LogP contribution >= 0.6 is 0 Å². The minimum absolute atomic E-state index is 0.0284. The first-order valence-corrected chi connectivity index (χ1v) is 13.4. The largest absolute Gasteiger partial charge is 0.425 e. The second-order valence-corrected chi connectivity index (χ2v) is 11.1. The molecule has 0 saturated carbocycles. The molecule has 2 aromatic carbocycles. The molecule has 1 aromatic heterocycles. The number of carbonyl (C=O) groups excluding carboxylic acids is 1. The molecule has 1 atom stereocenters. The van der Waals surface area contributed by atoms with Crippen molar-refractivity contribution in [2.75, 3.05) is 0 Å². The van der Waals surface area contributed by atoms with Crippen LogP contribution in [0.3, 0.4) is 0 Å². The third kappa shape index (κ3) is 6.80. The molecule has 35 heavy (non-hydrogen) atoms. The van der Waals surface area contributed by atoms with E-state index in [1.807, 2.05) is 20.8 Å². The molecule has 0 aliphatic carbocycles. The smallest absolute Gasteiger partial charge is 0.336 e. The monoisotopic (exact) mass is 499 g/mol. The van der Waals surface area contributed by atoms with Crippen molar-refractivity contribution >= 4 is 27.0 Å². The molecule has 0 amide bonds. The van der Waals surface area contributed by atoms with E-state index in [2.05, 4.69) is 11.6 Å². The molecule has 0 fully saturated rings. The molecule has 1 heterocycles. The van der Waals surface area contributed by atoms with Crippen LogP contribution < -0.4 is 15.1 Å². The Morgan fingerprint density at radius 2 is 1.74 bits per heavy atom. The van der Waals surface area contributed by atoms with Crippen LogP contribution in [-0.2, 0) is 21.2 Å². The van der Waals surface area contributed by atoms with E-state index in [4.69, 9.17) is 9.15 Å². The lowest BCUT2D eigenvalue weighted by atomic mass is 10.0. The van der Waals surface area contributed by atoms with Crippen LogP contribution in [0.15, 0.2) is 56.6 Å². The van der Waals surface area contributed by atoms with Crippen molar-refractivity contribution in [2.45, 2.75) is 71.2 Å². The van der Waals surface area contributed by atoms with E-state index in [0.29, 0.717) is 17.4 Å². The molecule has 3 aromatic rings. The highest BCUT2D eigenvalue weighted by Gasteiger charge is 2.29. The Balaban J connectivity index is 1.98. The number of nitrogens with one attached hydrogen (secondary N) is 1. The number of sulfonamides is 1. The molecule has 188 valence electrons. The zero-order chi connectivity index (χ0) is 25.8. The van der Waals surface area contributed by atoms with Gasteiger partial charge >= 0.3 is 11.6 Å². The van der Waals surface area contributed by atoms with Crippen LogP contribution in [0.4, 0.5) is 0 Å². The summed E-state index contributed by atoms with van der Waals surface area (Å²) >= 11 is 0. The Hall–Kier alpha value is -2.97. The van der Waals surface area contributed by atoms with E-state index < -0.39 is 27.7 Å². The summed E-state index contributed by atoms with van der Waals surface area (Å²) in [6.07, 6.45) is 2.67. The first-order chi connectivity index (χ1) is 16.5. The topological polar surface area (TPSA) is 103 Å². The maximum absolute atomic E-state index is 13.3. The third-order valence-electron chi connectivity index (χ3n) is 5.66. The Bertz CT molecular complexity index is 1360. The lowest BCUT2D eigenvalue weighted by Crippen LogP contribution is -2.43. The van der Waals surface area contributed by atoms with Gasteiger partial charge in [0.15, 0.2) is 0 Å². The Kier molecular flexibility index (Phi) is 8.51. The number of unbranched alkanes of at least 4 members (excludes halogenated alkanes) is 1. The van der Waals surface area contributed by atoms with Crippen molar-refractivity contribution in [3.8, 4) is 5.75 Å². The number of rotatable bonds is 10. The lowest BCUT2D eigenvalue weighted by Gasteiger charge is -2.20. The zero-order valence-electron chi connectivity index (χ0n) is 20.9. The fraction of sp³-hybridized carbons (Fsp3) is 0.407. The lowest BCUT2D eigenvalue weighted by molar-refractivity contribution is -0.136. The number of esters is 1. The second-order valence-electron chi connectivity index (χ2n) is 9.37. The number of hydrogen-bond acceptors (Lipinski definition) is 6. The highest BCUT2D eigenvalue weighted by molar-refractivity contribution is 7.89. The number of benzene rings is 2. The quantitative estimate of drug-likeness (QED) is 0.238. The molecule has 7 nitrogen and oxygen atoms in total.